The van der Waals surface area contributed by atoms with Crippen LogP contribution in [-0.4, -0.2) is 45.8 Å². The Balaban J connectivity index is 0. The number of unbranched alkanes of at least 4 members (excludes halogenated alkanes) is 20. The predicted octanol–water partition coefficient (Wildman–Crippen LogP) is 10.1. The molecule has 0 saturated carbocycles. The summed E-state index contributed by atoms with van der Waals surface area (Å²) in [5, 5.41) is 25.9. The van der Waals surface area contributed by atoms with Gasteiger partial charge in [0.15, 0.2) is 0 Å². The first-order chi connectivity index (χ1) is 21.2. The zero-order chi connectivity index (χ0) is 33.1. The third-order valence-corrected chi connectivity index (χ3v) is 7.64. The molecule has 0 aromatic rings. The van der Waals surface area contributed by atoms with Crippen LogP contribution >= 0.6 is 0 Å². The predicted molar refractivity (Wildman–Crippen MR) is 178 cm³/mol. The number of carbonyl (C=O) groups is 4. The van der Waals surface area contributed by atoms with Crippen molar-refractivity contribution in [2.24, 2.45) is 5.92 Å². The highest BCUT2D eigenvalue weighted by molar-refractivity contribution is 5.78. The van der Waals surface area contributed by atoms with Gasteiger partial charge in [-0.2, -0.15) is 0 Å². The lowest BCUT2D eigenvalue weighted by atomic mass is 10.0. The van der Waals surface area contributed by atoms with Crippen molar-refractivity contribution in [1.29, 1.82) is 0 Å². The minimum atomic E-state index is -1.06. The Morgan fingerprint density at radius 3 is 1.39 bits per heavy atom. The van der Waals surface area contributed by atoms with Crippen LogP contribution in [0.25, 0.3) is 0 Å². The van der Waals surface area contributed by atoms with Crippen LogP contribution in [0.3, 0.4) is 0 Å². The van der Waals surface area contributed by atoms with E-state index in [9.17, 15) is 19.2 Å². The zero-order valence-electron chi connectivity index (χ0n) is 28.2. The number of rotatable bonds is 31. The van der Waals surface area contributed by atoms with Gasteiger partial charge in [-0.05, 0) is 25.7 Å². The largest absolute Gasteiger partial charge is 0.481 e. The van der Waals surface area contributed by atoms with Crippen molar-refractivity contribution in [2.75, 3.05) is 6.61 Å². The second kappa shape index (κ2) is 35.1. The Morgan fingerprint density at radius 2 is 0.977 bits per heavy atom. The zero-order valence-corrected chi connectivity index (χ0v) is 28.2. The van der Waals surface area contributed by atoms with Gasteiger partial charge in [0.2, 0.25) is 0 Å². The Hall–Kier alpha value is -2.38. The third kappa shape index (κ3) is 37.6. The third-order valence-electron chi connectivity index (χ3n) is 7.64. The summed E-state index contributed by atoms with van der Waals surface area (Å²) < 4.78 is 5.00. The molecule has 0 aliphatic heterocycles. The minimum absolute atomic E-state index is 0.0199. The normalized spacial score (nSPS) is 11.6. The van der Waals surface area contributed by atoms with E-state index in [0.29, 0.717) is 13.0 Å². The first-order valence-electron chi connectivity index (χ1n) is 17.7. The number of hydrogen-bond donors (Lipinski definition) is 3. The summed E-state index contributed by atoms with van der Waals surface area (Å²) in [5.74, 6) is -4.25. The quantitative estimate of drug-likeness (QED) is 0.0392. The lowest BCUT2D eigenvalue weighted by Crippen LogP contribution is -2.16. The van der Waals surface area contributed by atoms with Gasteiger partial charge in [0.1, 0.15) is 0 Å². The van der Waals surface area contributed by atoms with Crippen molar-refractivity contribution >= 4 is 23.9 Å². The molecule has 0 heterocycles. The minimum Gasteiger partial charge on any atom is -0.481 e. The van der Waals surface area contributed by atoms with E-state index in [0.717, 1.165) is 25.7 Å². The Kier molecular flexibility index (Phi) is 34.9. The number of hydrogen-bond acceptors (Lipinski definition) is 5. The first-order valence-corrected chi connectivity index (χ1v) is 17.7. The summed E-state index contributed by atoms with van der Waals surface area (Å²) in [6.07, 6.45) is 31.6. The molecule has 0 rings (SSSR count). The summed E-state index contributed by atoms with van der Waals surface area (Å²) >= 11 is 0. The van der Waals surface area contributed by atoms with Crippen LogP contribution in [0.4, 0.5) is 0 Å². The molecular formula is C36H66O8. The average Bonchev–Trinajstić information content (AvgIpc) is 2.98. The molecule has 0 aromatic carbocycles. The van der Waals surface area contributed by atoms with Crippen LogP contribution in [-0.2, 0) is 23.9 Å². The molecule has 0 saturated heterocycles. The van der Waals surface area contributed by atoms with E-state index in [1.807, 2.05) is 6.08 Å². The van der Waals surface area contributed by atoms with E-state index in [2.05, 4.69) is 13.8 Å². The molecule has 1 atom stereocenters. The van der Waals surface area contributed by atoms with Gasteiger partial charge in [-0.25, -0.2) is 0 Å². The number of carboxylic acid groups (broad SMARTS) is 3. The fourth-order valence-corrected chi connectivity index (χ4v) is 4.84. The molecule has 0 spiro atoms. The average molecular weight is 627 g/mol. The van der Waals surface area contributed by atoms with Crippen molar-refractivity contribution in [3.05, 3.63) is 12.2 Å². The van der Waals surface area contributed by atoms with Gasteiger partial charge in [-0.1, -0.05) is 148 Å². The van der Waals surface area contributed by atoms with E-state index in [4.69, 9.17) is 20.1 Å². The van der Waals surface area contributed by atoms with Crippen molar-refractivity contribution in [2.45, 2.75) is 181 Å². The summed E-state index contributed by atoms with van der Waals surface area (Å²) in [6, 6.07) is 0. The van der Waals surface area contributed by atoms with E-state index in [1.54, 1.807) is 6.08 Å². The topological polar surface area (TPSA) is 138 Å². The van der Waals surface area contributed by atoms with E-state index in [-0.39, 0.29) is 19.3 Å². The van der Waals surface area contributed by atoms with Crippen LogP contribution in [0.2, 0.25) is 0 Å². The second-order valence-corrected chi connectivity index (χ2v) is 12.0. The van der Waals surface area contributed by atoms with Gasteiger partial charge >= 0.3 is 23.9 Å². The van der Waals surface area contributed by atoms with Crippen molar-refractivity contribution < 1.29 is 39.2 Å². The Bertz CT molecular complexity index is 719. The molecule has 3 N–H and O–H groups in total. The molecule has 0 aliphatic rings. The fourth-order valence-electron chi connectivity index (χ4n) is 4.84. The summed E-state index contributed by atoms with van der Waals surface area (Å²) in [4.78, 5) is 42.8. The van der Waals surface area contributed by atoms with E-state index < -0.39 is 29.8 Å². The smallest absolute Gasteiger partial charge is 0.307 e. The summed E-state index contributed by atoms with van der Waals surface area (Å²) in [5.41, 5.74) is 0. The van der Waals surface area contributed by atoms with Crippen molar-refractivity contribution in [3.63, 3.8) is 0 Å². The molecule has 44 heavy (non-hydrogen) atoms. The SMILES string of the molecule is CCCCCCCCCC=CCC(CC(=O)O)C(=O)O.CCCCCCCCCCCCCCCCOC(=O)CCC(=O)O. The highest BCUT2D eigenvalue weighted by atomic mass is 16.5. The Morgan fingerprint density at radius 1 is 0.545 bits per heavy atom. The molecule has 0 aromatic heterocycles. The van der Waals surface area contributed by atoms with Gasteiger partial charge in [-0.15, -0.1) is 0 Å². The monoisotopic (exact) mass is 626 g/mol. The first kappa shape index (κ1) is 43.7. The number of carbonyl (C=O) groups excluding carboxylic acids is 1. The number of carboxylic acids is 3. The van der Waals surface area contributed by atoms with Crippen LogP contribution in [0, 0.1) is 5.92 Å². The molecule has 0 amide bonds. The van der Waals surface area contributed by atoms with Gasteiger partial charge < -0.3 is 20.1 Å². The van der Waals surface area contributed by atoms with E-state index in [1.165, 1.54) is 116 Å². The standard InChI is InChI=1S/C20H38O4.C16H28O4/c1-2-3-4-5-6-7-8-9-10-11-12-13-14-15-18-24-20(23)17-16-19(21)22;1-2-3-4-5-6-7-8-9-10-11-12-14(16(19)20)13-15(17)18/h2-18H2,1H3,(H,21,22);10-11,14H,2-9,12-13H2,1H3,(H,17,18)(H,19,20). The highest BCUT2D eigenvalue weighted by Crippen LogP contribution is 2.14. The van der Waals surface area contributed by atoms with Crippen LogP contribution in [0.15, 0.2) is 12.2 Å². The fraction of sp³-hybridized carbons (Fsp3) is 0.833. The molecule has 8 nitrogen and oxygen atoms in total. The van der Waals surface area contributed by atoms with Gasteiger partial charge in [-0.3, -0.25) is 19.2 Å². The lowest BCUT2D eigenvalue weighted by molar-refractivity contribution is -0.148. The number of esters is 1. The summed E-state index contributed by atoms with van der Waals surface area (Å²) in [7, 11) is 0. The number of allylic oxidation sites excluding steroid dienone is 2. The number of aliphatic carboxylic acids is 3. The maximum atomic E-state index is 11.2. The maximum absolute atomic E-state index is 11.2. The molecular weight excluding hydrogens is 560 g/mol. The van der Waals surface area contributed by atoms with Gasteiger partial charge in [0.25, 0.3) is 0 Å². The molecule has 0 fully saturated rings. The number of ether oxygens (including phenoxy) is 1. The molecule has 0 radical (unpaired) electrons. The lowest BCUT2D eigenvalue weighted by Gasteiger charge is -2.05. The maximum Gasteiger partial charge on any atom is 0.307 e. The van der Waals surface area contributed by atoms with Crippen LogP contribution in [0.1, 0.15) is 181 Å². The van der Waals surface area contributed by atoms with Gasteiger partial charge in [0, 0.05) is 0 Å². The van der Waals surface area contributed by atoms with Crippen LogP contribution in [0.5, 0.6) is 0 Å². The van der Waals surface area contributed by atoms with Crippen molar-refractivity contribution in [3.8, 4) is 0 Å². The molecule has 0 aliphatic carbocycles. The molecule has 8 heteroatoms. The van der Waals surface area contributed by atoms with Crippen LogP contribution < -0.4 is 0 Å². The molecule has 1 unspecified atom stereocenters. The van der Waals surface area contributed by atoms with Gasteiger partial charge in [0.05, 0.1) is 31.8 Å². The van der Waals surface area contributed by atoms with Crippen molar-refractivity contribution in [1.82, 2.24) is 0 Å². The van der Waals surface area contributed by atoms with E-state index >= 15 is 0 Å². The highest BCUT2D eigenvalue weighted by Gasteiger charge is 2.19. The Labute approximate surface area is 268 Å². The summed E-state index contributed by atoms with van der Waals surface area (Å²) in [6.45, 7) is 4.89. The molecule has 0 bridgehead atoms. The second-order valence-electron chi connectivity index (χ2n) is 12.0. The molecule has 258 valence electrons.